The molecule has 2 N–H and O–H groups in total. The minimum atomic E-state index is 0.543. The van der Waals surface area contributed by atoms with E-state index in [4.69, 9.17) is 5.73 Å². The van der Waals surface area contributed by atoms with Crippen LogP contribution in [0.5, 0.6) is 0 Å². The second-order valence-electron chi connectivity index (χ2n) is 5.03. The minimum absolute atomic E-state index is 0.543. The van der Waals surface area contributed by atoms with Crippen LogP contribution < -0.4 is 5.73 Å². The first kappa shape index (κ1) is 15.5. The lowest BCUT2D eigenvalue weighted by Crippen LogP contribution is -2.39. The third-order valence-electron chi connectivity index (χ3n) is 3.11. The molecule has 0 spiro atoms. The lowest BCUT2D eigenvalue weighted by atomic mass is 10.1. The van der Waals surface area contributed by atoms with Crippen LogP contribution in [0, 0.1) is 0 Å². The smallest absolute Gasteiger partial charge is 0.0458 e. The van der Waals surface area contributed by atoms with Crippen LogP contribution in [-0.2, 0) is 6.54 Å². The standard InChI is InChI=1S/C14H24BrN3/c1-5-18(11(2)9-17(3)4)10-12-6-7-14(16)13(15)8-12/h6-8,11H,5,9-10,16H2,1-4H3. The van der Waals surface area contributed by atoms with E-state index in [0.29, 0.717) is 6.04 Å². The molecule has 0 amide bonds. The number of anilines is 1. The zero-order valence-electron chi connectivity index (χ0n) is 11.8. The average molecular weight is 314 g/mol. The maximum Gasteiger partial charge on any atom is 0.0458 e. The summed E-state index contributed by atoms with van der Waals surface area (Å²) >= 11 is 3.48. The van der Waals surface area contributed by atoms with Crippen molar-refractivity contribution in [3.8, 4) is 0 Å². The zero-order chi connectivity index (χ0) is 13.7. The molecule has 0 saturated carbocycles. The molecule has 0 aliphatic rings. The van der Waals surface area contributed by atoms with E-state index in [1.54, 1.807) is 0 Å². The molecule has 0 aliphatic carbocycles. The summed E-state index contributed by atoms with van der Waals surface area (Å²) in [6.45, 7) is 7.57. The number of nitrogen functional groups attached to an aromatic ring is 1. The van der Waals surface area contributed by atoms with E-state index >= 15 is 0 Å². The first-order valence-corrected chi connectivity index (χ1v) is 7.16. The molecule has 1 atom stereocenters. The largest absolute Gasteiger partial charge is 0.398 e. The average Bonchev–Trinajstić information content (AvgIpc) is 2.29. The second-order valence-corrected chi connectivity index (χ2v) is 5.88. The molecular weight excluding hydrogens is 290 g/mol. The van der Waals surface area contributed by atoms with Crippen LogP contribution in [0.4, 0.5) is 5.69 Å². The van der Waals surface area contributed by atoms with E-state index in [2.05, 4.69) is 65.8 Å². The van der Waals surface area contributed by atoms with Gasteiger partial charge in [0.1, 0.15) is 0 Å². The van der Waals surface area contributed by atoms with Crippen LogP contribution in [0.2, 0.25) is 0 Å². The van der Waals surface area contributed by atoms with Crippen LogP contribution in [0.25, 0.3) is 0 Å². The monoisotopic (exact) mass is 313 g/mol. The Hall–Kier alpha value is -0.580. The van der Waals surface area contributed by atoms with E-state index < -0.39 is 0 Å². The molecule has 0 radical (unpaired) electrons. The van der Waals surface area contributed by atoms with Gasteiger partial charge in [-0.3, -0.25) is 4.90 Å². The highest BCUT2D eigenvalue weighted by atomic mass is 79.9. The predicted octanol–water partition coefficient (Wildman–Crippen LogP) is 2.80. The van der Waals surface area contributed by atoms with Crippen LogP contribution in [-0.4, -0.2) is 43.0 Å². The molecule has 18 heavy (non-hydrogen) atoms. The van der Waals surface area contributed by atoms with E-state index in [1.807, 2.05) is 6.07 Å². The highest BCUT2D eigenvalue weighted by Gasteiger charge is 2.13. The second kappa shape index (κ2) is 7.12. The molecule has 0 aromatic heterocycles. The lowest BCUT2D eigenvalue weighted by molar-refractivity contribution is 0.174. The Balaban J connectivity index is 2.70. The van der Waals surface area contributed by atoms with Gasteiger partial charge < -0.3 is 10.6 Å². The fourth-order valence-corrected chi connectivity index (χ4v) is 2.55. The maximum atomic E-state index is 5.81. The van der Waals surface area contributed by atoms with Crippen molar-refractivity contribution in [3.63, 3.8) is 0 Å². The van der Waals surface area contributed by atoms with E-state index in [0.717, 1.165) is 29.8 Å². The van der Waals surface area contributed by atoms with Gasteiger partial charge in [-0.2, -0.15) is 0 Å². The fraction of sp³-hybridized carbons (Fsp3) is 0.571. The highest BCUT2D eigenvalue weighted by Crippen LogP contribution is 2.21. The van der Waals surface area contributed by atoms with Crippen LogP contribution >= 0.6 is 15.9 Å². The lowest BCUT2D eigenvalue weighted by Gasteiger charge is -2.30. The molecule has 0 bridgehead atoms. The van der Waals surface area contributed by atoms with Crippen molar-refractivity contribution in [1.82, 2.24) is 9.80 Å². The molecular formula is C14H24BrN3. The number of likely N-dealkylation sites (N-methyl/N-ethyl adjacent to an activating group) is 2. The first-order valence-electron chi connectivity index (χ1n) is 6.36. The topological polar surface area (TPSA) is 32.5 Å². The van der Waals surface area contributed by atoms with Crippen molar-refractivity contribution < 1.29 is 0 Å². The van der Waals surface area contributed by atoms with Crippen LogP contribution in [0.3, 0.4) is 0 Å². The molecule has 1 rings (SSSR count). The molecule has 1 aromatic rings. The fourth-order valence-electron chi connectivity index (χ4n) is 2.13. The number of halogens is 1. The number of nitrogens with zero attached hydrogens (tertiary/aromatic N) is 2. The summed E-state index contributed by atoms with van der Waals surface area (Å²) in [6, 6.07) is 6.72. The molecule has 0 aliphatic heterocycles. The van der Waals surface area contributed by atoms with Gasteiger partial charge in [-0.25, -0.2) is 0 Å². The number of benzene rings is 1. The third-order valence-corrected chi connectivity index (χ3v) is 3.80. The minimum Gasteiger partial charge on any atom is -0.398 e. The van der Waals surface area contributed by atoms with Gasteiger partial charge in [0.25, 0.3) is 0 Å². The summed E-state index contributed by atoms with van der Waals surface area (Å²) in [6.07, 6.45) is 0. The Morgan fingerprint density at radius 3 is 2.50 bits per heavy atom. The molecule has 1 unspecified atom stereocenters. The SMILES string of the molecule is CCN(Cc1ccc(N)c(Br)c1)C(C)CN(C)C. The van der Waals surface area contributed by atoms with Gasteiger partial charge in [0.15, 0.2) is 0 Å². The quantitative estimate of drug-likeness (QED) is 0.820. The van der Waals surface area contributed by atoms with Crippen molar-refractivity contribution in [2.24, 2.45) is 0 Å². The van der Waals surface area contributed by atoms with Crippen molar-refractivity contribution >= 4 is 21.6 Å². The summed E-state index contributed by atoms with van der Waals surface area (Å²) in [5.74, 6) is 0. The third kappa shape index (κ3) is 4.59. The Morgan fingerprint density at radius 2 is 2.00 bits per heavy atom. The Bertz CT molecular complexity index is 379. The van der Waals surface area contributed by atoms with Crippen LogP contribution in [0.15, 0.2) is 22.7 Å². The summed E-state index contributed by atoms with van der Waals surface area (Å²) in [5.41, 5.74) is 7.90. The maximum absolute atomic E-state index is 5.81. The van der Waals surface area contributed by atoms with Crippen molar-refractivity contribution in [3.05, 3.63) is 28.2 Å². The number of hydrogen-bond donors (Lipinski definition) is 1. The van der Waals surface area contributed by atoms with Crippen molar-refractivity contribution in [2.75, 3.05) is 32.9 Å². The van der Waals surface area contributed by atoms with Gasteiger partial charge >= 0.3 is 0 Å². The van der Waals surface area contributed by atoms with Gasteiger partial charge in [-0.1, -0.05) is 13.0 Å². The van der Waals surface area contributed by atoms with E-state index in [1.165, 1.54) is 5.56 Å². The van der Waals surface area contributed by atoms with Gasteiger partial charge in [0.05, 0.1) is 0 Å². The summed E-state index contributed by atoms with van der Waals surface area (Å²) < 4.78 is 0.983. The molecule has 0 saturated heterocycles. The van der Waals surface area contributed by atoms with E-state index in [-0.39, 0.29) is 0 Å². The number of rotatable bonds is 6. The molecule has 1 aromatic carbocycles. The first-order chi connectivity index (χ1) is 8.43. The highest BCUT2D eigenvalue weighted by molar-refractivity contribution is 9.10. The van der Waals surface area contributed by atoms with Crippen molar-refractivity contribution in [2.45, 2.75) is 26.4 Å². The van der Waals surface area contributed by atoms with E-state index in [9.17, 15) is 0 Å². The molecule has 3 nitrogen and oxygen atoms in total. The number of nitrogens with two attached hydrogens (primary N) is 1. The van der Waals surface area contributed by atoms with Crippen LogP contribution in [0.1, 0.15) is 19.4 Å². The molecule has 102 valence electrons. The van der Waals surface area contributed by atoms with Gasteiger partial charge in [0, 0.05) is 29.3 Å². The van der Waals surface area contributed by atoms with Gasteiger partial charge in [-0.15, -0.1) is 0 Å². The molecule has 0 fully saturated rings. The van der Waals surface area contributed by atoms with Gasteiger partial charge in [-0.05, 0) is 61.2 Å². The van der Waals surface area contributed by atoms with Gasteiger partial charge in [0.2, 0.25) is 0 Å². The predicted molar refractivity (Wildman–Crippen MR) is 82.7 cm³/mol. The Morgan fingerprint density at radius 1 is 1.33 bits per heavy atom. The molecule has 4 heteroatoms. The Labute approximate surface area is 119 Å². The number of hydrogen-bond acceptors (Lipinski definition) is 3. The summed E-state index contributed by atoms with van der Waals surface area (Å²) in [5, 5.41) is 0. The summed E-state index contributed by atoms with van der Waals surface area (Å²) in [7, 11) is 4.23. The summed E-state index contributed by atoms with van der Waals surface area (Å²) in [4.78, 5) is 4.70. The molecule has 0 heterocycles. The zero-order valence-corrected chi connectivity index (χ0v) is 13.4. The normalized spacial score (nSPS) is 13.3. The Kier molecular flexibility index (Phi) is 6.12. The van der Waals surface area contributed by atoms with Crippen molar-refractivity contribution in [1.29, 1.82) is 0 Å².